The van der Waals surface area contributed by atoms with Crippen LogP contribution in [0.15, 0.2) is 94.7 Å². The maximum atomic E-state index is 15.0. The lowest BCUT2D eigenvalue weighted by atomic mass is 10.1. The number of thiazole rings is 2. The van der Waals surface area contributed by atoms with E-state index in [-0.39, 0.29) is 43.6 Å². The summed E-state index contributed by atoms with van der Waals surface area (Å²) in [5.74, 6) is -11.9. The Bertz CT molecular complexity index is 3090. The first-order valence-corrected chi connectivity index (χ1v) is 27.2. The number of carbonyl (C=O) groups is 4. The van der Waals surface area contributed by atoms with Crippen molar-refractivity contribution < 1.29 is 81.3 Å². The first-order valence-electron chi connectivity index (χ1n) is 22.5. The van der Waals surface area contributed by atoms with E-state index >= 15 is 8.78 Å². The summed E-state index contributed by atoms with van der Waals surface area (Å²) < 4.78 is 161. The maximum Gasteiger partial charge on any atom is 0.313 e. The Hall–Kier alpha value is -6.90. The van der Waals surface area contributed by atoms with Crippen LogP contribution in [0.3, 0.4) is 0 Å². The van der Waals surface area contributed by atoms with Crippen molar-refractivity contribution in [1.29, 1.82) is 0 Å². The van der Waals surface area contributed by atoms with Crippen LogP contribution >= 0.6 is 22.7 Å². The Morgan fingerprint density at radius 1 is 0.541 bits per heavy atom. The van der Waals surface area contributed by atoms with Crippen molar-refractivity contribution in [2.75, 3.05) is 10.6 Å². The van der Waals surface area contributed by atoms with E-state index in [1.807, 2.05) is 0 Å². The number of sulfone groups is 2. The molecular weight excluding hydrogens is 1070 g/mol. The van der Waals surface area contributed by atoms with Gasteiger partial charge >= 0.3 is 11.9 Å². The predicted molar refractivity (Wildman–Crippen MR) is 253 cm³/mol. The molecule has 0 aliphatic heterocycles. The Morgan fingerprint density at radius 3 is 1.23 bits per heavy atom. The van der Waals surface area contributed by atoms with Gasteiger partial charge in [-0.15, -0.1) is 0 Å². The predicted octanol–water partition coefficient (Wildman–Crippen LogP) is 9.68. The first-order chi connectivity index (χ1) is 35.2. The van der Waals surface area contributed by atoms with Crippen molar-refractivity contribution in [2.24, 2.45) is 0 Å². The lowest BCUT2D eigenvalue weighted by Gasteiger charge is -2.19. The zero-order valence-corrected chi connectivity index (χ0v) is 41.4. The normalized spacial score (nSPS) is 15.1. The standard InChI is InChI=1S/C48H40F6N4O12S4/c49-27-13-19-35(33(51)23-27)67-39(25-9-15-31(16-10-25)73(63,64)29-5-1-2-6-29)43(61)55-47-57-45(41(53)71-47)69-37(59)21-22-38(60)70-46-42(54)72-48(58-46)56-44(62)40(68-36-20-14-28(50)24-34(36)52)26-11-17-32(18-12-26)74(65,66)30-7-3-4-8-30/h9-20,23-24,29-30,39-40H,1-8,21-22H2,(H,55,57,61)(H,56,58,62). The van der Waals surface area contributed by atoms with E-state index in [0.29, 0.717) is 37.8 Å². The van der Waals surface area contributed by atoms with Gasteiger partial charge in [-0.2, -0.15) is 18.7 Å². The number of halogens is 6. The van der Waals surface area contributed by atoms with E-state index in [1.165, 1.54) is 48.5 Å². The zero-order chi connectivity index (χ0) is 52.9. The molecule has 74 heavy (non-hydrogen) atoms. The molecule has 390 valence electrons. The average Bonchev–Trinajstić information content (AvgIpc) is 4.21. The molecule has 0 saturated heterocycles. The third-order valence-corrected chi connectivity index (χ3v) is 17.8. The number of ether oxygens (including phenoxy) is 4. The summed E-state index contributed by atoms with van der Waals surface area (Å²) in [5.41, 5.74) is 0.0251. The van der Waals surface area contributed by atoms with Crippen molar-refractivity contribution in [2.45, 2.75) is 96.7 Å². The lowest BCUT2D eigenvalue weighted by molar-refractivity contribution is -0.141. The van der Waals surface area contributed by atoms with Crippen LogP contribution in [-0.2, 0) is 38.9 Å². The molecule has 2 aromatic heterocycles. The van der Waals surface area contributed by atoms with Crippen LogP contribution in [0.5, 0.6) is 23.3 Å². The van der Waals surface area contributed by atoms with Gasteiger partial charge in [0, 0.05) is 23.3 Å². The fourth-order valence-corrected chi connectivity index (χ4v) is 13.0. The number of nitrogens with zero attached hydrogens (tertiary/aromatic N) is 2. The average molecular weight is 1110 g/mol. The summed E-state index contributed by atoms with van der Waals surface area (Å²) >= 11 is 0.388. The molecule has 2 unspecified atom stereocenters. The smallest absolute Gasteiger partial charge is 0.313 e. The number of amides is 2. The number of aromatic nitrogens is 2. The molecule has 2 atom stereocenters. The molecule has 2 fully saturated rings. The van der Waals surface area contributed by atoms with E-state index in [9.17, 15) is 53.6 Å². The molecule has 16 nitrogen and oxygen atoms in total. The monoisotopic (exact) mass is 1110 g/mol. The Morgan fingerprint density at radius 2 is 0.892 bits per heavy atom. The van der Waals surface area contributed by atoms with Gasteiger partial charge in [0.15, 0.2) is 53.1 Å². The first kappa shape index (κ1) is 53.4. The van der Waals surface area contributed by atoms with Crippen molar-refractivity contribution in [3.63, 3.8) is 0 Å². The van der Waals surface area contributed by atoms with E-state index in [0.717, 1.165) is 49.9 Å². The Balaban J connectivity index is 0.882. The number of nitrogens with one attached hydrogen (secondary N) is 2. The second kappa shape index (κ2) is 22.7. The molecule has 0 radical (unpaired) electrons. The second-order valence-corrected chi connectivity index (χ2v) is 23.2. The zero-order valence-electron chi connectivity index (χ0n) is 38.2. The fraction of sp³-hybridized carbons (Fsp3) is 0.292. The van der Waals surface area contributed by atoms with E-state index in [1.54, 1.807) is 0 Å². The van der Waals surface area contributed by atoms with Gasteiger partial charge in [0.25, 0.3) is 23.6 Å². The van der Waals surface area contributed by atoms with Crippen LogP contribution in [0.1, 0.15) is 87.5 Å². The molecule has 2 aliphatic rings. The van der Waals surface area contributed by atoms with Crippen molar-refractivity contribution in [3.05, 3.63) is 130 Å². The number of rotatable bonds is 19. The largest absolute Gasteiger partial charge is 0.473 e. The van der Waals surface area contributed by atoms with E-state index < -0.39 is 146 Å². The highest BCUT2D eigenvalue weighted by molar-refractivity contribution is 7.92. The van der Waals surface area contributed by atoms with Gasteiger partial charge in [-0.3, -0.25) is 29.8 Å². The highest BCUT2D eigenvalue weighted by atomic mass is 32.2. The number of anilines is 2. The summed E-state index contributed by atoms with van der Waals surface area (Å²) in [6.45, 7) is 0. The molecule has 2 heterocycles. The van der Waals surface area contributed by atoms with Gasteiger partial charge in [-0.05, 0) is 74.2 Å². The number of esters is 2. The van der Waals surface area contributed by atoms with Gasteiger partial charge in [-0.1, -0.05) is 72.6 Å². The van der Waals surface area contributed by atoms with Crippen molar-refractivity contribution in [1.82, 2.24) is 9.97 Å². The molecule has 2 saturated carbocycles. The van der Waals surface area contributed by atoms with Crippen LogP contribution in [0.2, 0.25) is 0 Å². The van der Waals surface area contributed by atoms with Crippen LogP contribution < -0.4 is 29.6 Å². The number of hydrogen-bond donors (Lipinski definition) is 2. The molecule has 4 aromatic carbocycles. The van der Waals surface area contributed by atoms with E-state index in [2.05, 4.69) is 20.6 Å². The summed E-state index contributed by atoms with van der Waals surface area (Å²) in [6, 6.07) is 14.6. The quantitative estimate of drug-likeness (QED) is 0.0569. The number of benzene rings is 4. The minimum Gasteiger partial charge on any atom is -0.473 e. The summed E-state index contributed by atoms with van der Waals surface area (Å²) in [4.78, 5) is 60.1. The highest BCUT2D eigenvalue weighted by Gasteiger charge is 2.34. The fourth-order valence-electron chi connectivity index (χ4n) is 8.06. The van der Waals surface area contributed by atoms with Crippen molar-refractivity contribution in [3.8, 4) is 23.3 Å². The summed E-state index contributed by atoms with van der Waals surface area (Å²) in [6.07, 6.45) is -0.110. The summed E-state index contributed by atoms with van der Waals surface area (Å²) in [5, 5.41) is -0.0730. The molecule has 0 spiro atoms. The number of carbonyl (C=O) groups excluding carboxylic acids is 4. The van der Waals surface area contributed by atoms with E-state index in [4.69, 9.17) is 18.9 Å². The molecule has 2 N–H and O–H groups in total. The third kappa shape index (κ3) is 12.5. The SMILES string of the molecule is O=C(CCC(=O)Oc1nc(NC(=O)C(Oc2ccc(F)cc2F)c2ccc(S(=O)(=O)C3CCCC3)cc2)sc1F)Oc1nc(NC(=O)C(Oc2ccc(F)cc2F)c2ccc(S(=O)(=O)C3CCCC3)cc2)sc1F. The summed E-state index contributed by atoms with van der Waals surface area (Å²) in [7, 11) is -7.41. The van der Waals surface area contributed by atoms with Crippen LogP contribution in [0, 0.1) is 33.5 Å². The van der Waals surface area contributed by atoms with Crippen LogP contribution in [0.4, 0.5) is 36.6 Å². The molecule has 0 bridgehead atoms. The second-order valence-electron chi connectivity index (χ2n) is 16.8. The molecule has 2 amide bonds. The topological polar surface area (TPSA) is 223 Å². The molecule has 2 aliphatic carbocycles. The van der Waals surface area contributed by atoms with Gasteiger partial charge in [0.05, 0.1) is 33.1 Å². The van der Waals surface area contributed by atoms with Crippen LogP contribution in [0.25, 0.3) is 0 Å². The van der Waals surface area contributed by atoms with Gasteiger partial charge < -0.3 is 18.9 Å². The van der Waals surface area contributed by atoms with Gasteiger partial charge in [0.2, 0.25) is 22.5 Å². The Labute approximate surface area is 425 Å². The van der Waals surface area contributed by atoms with Crippen LogP contribution in [-0.4, -0.2) is 61.1 Å². The highest BCUT2D eigenvalue weighted by Crippen LogP contribution is 2.36. The van der Waals surface area contributed by atoms with Crippen molar-refractivity contribution >= 4 is 76.4 Å². The molecule has 8 rings (SSSR count). The lowest BCUT2D eigenvalue weighted by Crippen LogP contribution is -2.26. The maximum absolute atomic E-state index is 15.0. The molecular formula is C48H40F6N4O12S4. The van der Waals surface area contributed by atoms with Gasteiger partial charge in [-0.25, -0.2) is 34.4 Å². The Kier molecular flexibility index (Phi) is 16.4. The van der Waals surface area contributed by atoms with Gasteiger partial charge in [0.1, 0.15) is 11.6 Å². The minimum absolute atomic E-state index is 0.0126. The number of hydrogen-bond acceptors (Lipinski definition) is 16. The minimum atomic E-state index is -3.71. The third-order valence-electron chi connectivity index (χ3n) is 11.8. The molecule has 26 heteroatoms. The molecule has 6 aromatic rings.